The van der Waals surface area contributed by atoms with Crippen molar-refractivity contribution >= 4 is 18.8 Å². The second kappa shape index (κ2) is 10.2. The number of hydrogen-bond donors (Lipinski definition) is 0. The molecule has 3 aromatic rings. The monoisotopic (exact) mass is 448 g/mol. The second-order valence-corrected chi connectivity index (χ2v) is 9.39. The Labute approximate surface area is 180 Å². The number of benzene rings is 1. The first-order valence-electron chi connectivity index (χ1n) is 10.5. The average molecular weight is 448 g/mol. The van der Waals surface area contributed by atoms with Gasteiger partial charge in [0.05, 0.1) is 25.7 Å². The predicted octanol–water partition coefficient (Wildman–Crippen LogP) is 2.99. The molecule has 0 fully saturated rings. The van der Waals surface area contributed by atoms with Gasteiger partial charge in [-0.25, -0.2) is 9.78 Å². The van der Waals surface area contributed by atoms with Crippen molar-refractivity contribution in [2.75, 3.05) is 19.4 Å². The molecule has 0 N–H and O–H groups in total. The molecule has 0 amide bonds. The van der Waals surface area contributed by atoms with Crippen LogP contribution in [0.5, 0.6) is 0 Å². The molecule has 0 aliphatic rings. The number of aryl methyl sites for hydroxylation is 1. The van der Waals surface area contributed by atoms with Gasteiger partial charge in [0.25, 0.3) is 5.56 Å². The Morgan fingerprint density at radius 1 is 1.03 bits per heavy atom. The fourth-order valence-electron chi connectivity index (χ4n) is 3.55. The Bertz CT molecular complexity index is 1170. The van der Waals surface area contributed by atoms with Crippen LogP contribution in [0.2, 0.25) is 0 Å². The fraction of sp³-hybridized carbons (Fsp3) is 0.476. The highest BCUT2D eigenvalue weighted by Gasteiger charge is 2.23. The van der Waals surface area contributed by atoms with E-state index in [1.54, 1.807) is 31.8 Å². The van der Waals surface area contributed by atoms with Crippen molar-refractivity contribution in [2.45, 2.75) is 39.8 Å². The van der Waals surface area contributed by atoms with Crippen molar-refractivity contribution < 1.29 is 13.6 Å². The molecular formula is C21H29N4O5P. The Morgan fingerprint density at radius 2 is 1.71 bits per heavy atom. The molecule has 0 radical (unpaired) electrons. The molecule has 2 aromatic heterocycles. The number of nitrogens with zero attached hydrogens (tertiary/aromatic N) is 4. The van der Waals surface area contributed by atoms with Gasteiger partial charge in [0.2, 0.25) is 0 Å². The summed E-state index contributed by atoms with van der Waals surface area (Å²) in [6.07, 6.45) is 2.84. The normalized spacial score (nSPS) is 12.0. The van der Waals surface area contributed by atoms with Gasteiger partial charge in [-0.05, 0) is 32.3 Å². The lowest BCUT2D eigenvalue weighted by molar-refractivity contribution is 0.219. The molecule has 9 nitrogen and oxygen atoms in total. The number of unbranched alkanes of at least 4 members (excludes halogenated alkanes) is 1. The lowest BCUT2D eigenvalue weighted by Gasteiger charge is -2.16. The lowest BCUT2D eigenvalue weighted by Crippen LogP contribution is -2.39. The third-order valence-corrected chi connectivity index (χ3v) is 7.18. The van der Waals surface area contributed by atoms with Gasteiger partial charge >= 0.3 is 13.3 Å². The van der Waals surface area contributed by atoms with E-state index in [0.29, 0.717) is 43.8 Å². The maximum absolute atomic E-state index is 13.2. The molecule has 0 atom stereocenters. The standard InChI is InChI=1S/C21H29N4O5P/c1-4-29-31(28,30-5-2)14-10-9-13-25-20(26)18-19(23(3)21(25)27)22-16-24(18)15-17-11-7-6-8-12-17/h6-8,11-12,16H,4-5,9-10,13-15H2,1-3H3. The van der Waals surface area contributed by atoms with Gasteiger partial charge in [-0.15, -0.1) is 0 Å². The minimum Gasteiger partial charge on any atom is -0.320 e. The van der Waals surface area contributed by atoms with Gasteiger partial charge < -0.3 is 13.6 Å². The zero-order valence-corrected chi connectivity index (χ0v) is 19.1. The molecule has 10 heteroatoms. The number of aromatic nitrogens is 4. The number of hydrogen-bond acceptors (Lipinski definition) is 6. The number of imidazole rings is 1. The molecule has 3 rings (SSSR count). The Morgan fingerprint density at radius 3 is 2.35 bits per heavy atom. The van der Waals surface area contributed by atoms with E-state index in [0.717, 1.165) is 5.56 Å². The zero-order chi connectivity index (χ0) is 22.4. The summed E-state index contributed by atoms with van der Waals surface area (Å²) in [6.45, 7) is 4.84. The van der Waals surface area contributed by atoms with E-state index in [2.05, 4.69) is 4.98 Å². The molecule has 0 saturated carbocycles. The van der Waals surface area contributed by atoms with Crippen molar-refractivity contribution in [2.24, 2.45) is 7.05 Å². The van der Waals surface area contributed by atoms with Crippen molar-refractivity contribution in [3.63, 3.8) is 0 Å². The average Bonchev–Trinajstić information content (AvgIpc) is 3.16. The molecule has 2 heterocycles. The minimum atomic E-state index is -3.13. The van der Waals surface area contributed by atoms with E-state index in [9.17, 15) is 14.2 Å². The fourth-order valence-corrected chi connectivity index (χ4v) is 5.28. The summed E-state index contributed by atoms with van der Waals surface area (Å²) in [5.74, 6) is 0. The number of rotatable bonds is 11. The summed E-state index contributed by atoms with van der Waals surface area (Å²) in [5.41, 5.74) is 0.994. The summed E-state index contributed by atoms with van der Waals surface area (Å²) >= 11 is 0. The molecule has 0 spiro atoms. The first-order valence-corrected chi connectivity index (χ1v) is 12.2. The molecule has 0 bridgehead atoms. The van der Waals surface area contributed by atoms with Gasteiger partial charge in [-0.2, -0.15) is 0 Å². The van der Waals surface area contributed by atoms with Crippen LogP contribution in [-0.4, -0.2) is 38.1 Å². The van der Waals surface area contributed by atoms with Crippen LogP contribution in [0, 0.1) is 0 Å². The van der Waals surface area contributed by atoms with Crippen LogP contribution in [0.25, 0.3) is 11.2 Å². The Balaban J connectivity index is 1.82. The summed E-state index contributed by atoms with van der Waals surface area (Å²) in [4.78, 5) is 30.2. The van der Waals surface area contributed by atoms with Crippen LogP contribution >= 0.6 is 7.60 Å². The molecule has 31 heavy (non-hydrogen) atoms. The summed E-state index contributed by atoms with van der Waals surface area (Å²) in [5, 5.41) is 0. The predicted molar refractivity (Wildman–Crippen MR) is 120 cm³/mol. The maximum atomic E-state index is 13.2. The van der Waals surface area contributed by atoms with Gasteiger partial charge in [0.15, 0.2) is 11.2 Å². The van der Waals surface area contributed by atoms with E-state index in [4.69, 9.17) is 9.05 Å². The minimum absolute atomic E-state index is 0.218. The molecule has 0 aliphatic carbocycles. The number of fused-ring (bicyclic) bond motifs is 1. The highest BCUT2D eigenvalue weighted by Crippen LogP contribution is 2.48. The van der Waals surface area contributed by atoms with Crippen LogP contribution in [0.4, 0.5) is 0 Å². The molecule has 0 unspecified atom stereocenters. The zero-order valence-electron chi connectivity index (χ0n) is 18.2. The Hall–Kier alpha value is -2.48. The first kappa shape index (κ1) is 23.2. The van der Waals surface area contributed by atoms with Gasteiger partial charge in [0.1, 0.15) is 0 Å². The summed E-state index contributed by atoms with van der Waals surface area (Å²) < 4.78 is 27.5. The molecule has 0 saturated heterocycles. The second-order valence-electron chi connectivity index (χ2n) is 7.21. The van der Waals surface area contributed by atoms with E-state index in [1.807, 2.05) is 30.3 Å². The van der Waals surface area contributed by atoms with E-state index in [-0.39, 0.29) is 18.3 Å². The van der Waals surface area contributed by atoms with Gasteiger partial charge in [-0.1, -0.05) is 30.3 Å². The van der Waals surface area contributed by atoms with Crippen molar-refractivity contribution in [1.29, 1.82) is 0 Å². The van der Waals surface area contributed by atoms with Crippen LogP contribution < -0.4 is 11.2 Å². The van der Waals surface area contributed by atoms with Crippen LogP contribution in [0.15, 0.2) is 46.2 Å². The molecule has 1 aromatic carbocycles. The van der Waals surface area contributed by atoms with Crippen molar-refractivity contribution in [1.82, 2.24) is 18.7 Å². The third kappa shape index (κ3) is 5.23. The smallest absolute Gasteiger partial charge is 0.320 e. The van der Waals surface area contributed by atoms with Crippen LogP contribution in [-0.2, 0) is 33.7 Å². The lowest BCUT2D eigenvalue weighted by atomic mass is 10.2. The third-order valence-electron chi connectivity index (χ3n) is 5.01. The Kier molecular flexibility index (Phi) is 7.64. The van der Waals surface area contributed by atoms with Gasteiger partial charge in [-0.3, -0.25) is 18.5 Å². The maximum Gasteiger partial charge on any atom is 0.332 e. The van der Waals surface area contributed by atoms with E-state index in [1.165, 1.54) is 9.13 Å². The summed E-state index contributed by atoms with van der Waals surface area (Å²) in [7, 11) is -1.52. The summed E-state index contributed by atoms with van der Waals surface area (Å²) in [6, 6.07) is 9.75. The largest absolute Gasteiger partial charge is 0.332 e. The van der Waals surface area contributed by atoms with Crippen molar-refractivity contribution in [3.05, 3.63) is 63.1 Å². The molecule has 168 valence electrons. The highest BCUT2D eigenvalue weighted by atomic mass is 31.2. The van der Waals surface area contributed by atoms with Crippen LogP contribution in [0.1, 0.15) is 32.3 Å². The van der Waals surface area contributed by atoms with Gasteiger partial charge in [0, 0.05) is 20.1 Å². The van der Waals surface area contributed by atoms with E-state index < -0.39 is 13.3 Å². The topological polar surface area (TPSA) is 97.4 Å². The quantitative estimate of drug-likeness (QED) is 0.330. The first-order chi connectivity index (χ1) is 14.9. The van der Waals surface area contributed by atoms with Crippen molar-refractivity contribution in [3.8, 4) is 0 Å². The highest BCUT2D eigenvalue weighted by molar-refractivity contribution is 7.53. The van der Waals surface area contributed by atoms with E-state index >= 15 is 0 Å². The molecule has 0 aliphatic heterocycles. The SMILES string of the molecule is CCOP(=O)(CCCCn1c(=O)c2c(ncn2Cc2ccccc2)n(C)c1=O)OCC. The molecular weight excluding hydrogens is 419 g/mol. The van der Waals surface area contributed by atoms with Crippen LogP contribution in [0.3, 0.4) is 0 Å².